The Kier molecular flexibility index (Phi) is 4.05. The largest absolute Gasteiger partial charge is 0.399 e. The van der Waals surface area contributed by atoms with E-state index >= 15 is 0 Å². The van der Waals surface area contributed by atoms with Gasteiger partial charge in [0.15, 0.2) is 5.78 Å². The molecule has 20 heavy (non-hydrogen) atoms. The number of anilines is 2. The lowest BCUT2D eigenvalue weighted by atomic mass is 10.1. The molecule has 102 valence electrons. The smallest absolute Gasteiger partial charge is 0.255 e. The third kappa shape index (κ3) is 3.36. The van der Waals surface area contributed by atoms with Gasteiger partial charge in [-0.15, -0.1) is 0 Å². The summed E-state index contributed by atoms with van der Waals surface area (Å²) in [6, 6.07) is 11.3. The van der Waals surface area contributed by atoms with Gasteiger partial charge in [0.25, 0.3) is 5.91 Å². The number of carbonyl (C=O) groups excluding carboxylic acids is 2. The third-order valence-corrected chi connectivity index (χ3v) is 2.95. The highest BCUT2D eigenvalue weighted by Gasteiger charge is 2.08. The molecule has 0 aliphatic carbocycles. The summed E-state index contributed by atoms with van der Waals surface area (Å²) >= 11 is 5.86. The minimum Gasteiger partial charge on any atom is -0.399 e. The molecule has 3 N–H and O–H groups in total. The number of nitrogens with one attached hydrogen (secondary N) is 1. The number of halogens is 1. The Balaban J connectivity index is 2.16. The summed E-state index contributed by atoms with van der Waals surface area (Å²) in [6.07, 6.45) is 0. The Bertz CT molecular complexity index is 646. The lowest BCUT2D eigenvalue weighted by Gasteiger charge is -2.07. The van der Waals surface area contributed by atoms with E-state index in [9.17, 15) is 9.59 Å². The van der Waals surface area contributed by atoms with Crippen LogP contribution in [0.5, 0.6) is 0 Å². The summed E-state index contributed by atoms with van der Waals surface area (Å²) in [5.41, 5.74) is 7.64. The lowest BCUT2D eigenvalue weighted by molar-refractivity contribution is 0.101. The molecule has 2 rings (SSSR count). The average molecular weight is 289 g/mol. The van der Waals surface area contributed by atoms with Gasteiger partial charge in [0, 0.05) is 27.5 Å². The van der Waals surface area contributed by atoms with E-state index in [-0.39, 0.29) is 11.7 Å². The molecule has 0 saturated heterocycles. The van der Waals surface area contributed by atoms with Crippen molar-refractivity contribution in [1.29, 1.82) is 0 Å². The molecule has 0 atom stereocenters. The summed E-state index contributed by atoms with van der Waals surface area (Å²) in [5.74, 6) is -0.333. The maximum absolute atomic E-state index is 12.0. The Hall–Kier alpha value is -2.33. The maximum atomic E-state index is 12.0. The predicted octanol–water partition coefficient (Wildman–Crippen LogP) is 3.38. The zero-order valence-corrected chi connectivity index (χ0v) is 11.6. The van der Waals surface area contributed by atoms with E-state index in [1.54, 1.807) is 36.4 Å². The van der Waals surface area contributed by atoms with Crippen LogP contribution in [-0.4, -0.2) is 11.7 Å². The number of rotatable bonds is 3. The fourth-order valence-corrected chi connectivity index (χ4v) is 1.98. The van der Waals surface area contributed by atoms with E-state index in [0.29, 0.717) is 27.5 Å². The molecule has 0 bridgehead atoms. The van der Waals surface area contributed by atoms with Gasteiger partial charge in [-0.1, -0.05) is 11.6 Å². The van der Waals surface area contributed by atoms with Crippen LogP contribution < -0.4 is 11.1 Å². The van der Waals surface area contributed by atoms with Gasteiger partial charge in [-0.25, -0.2) is 0 Å². The van der Waals surface area contributed by atoms with Crippen LogP contribution >= 0.6 is 11.6 Å². The molecule has 0 spiro atoms. The van der Waals surface area contributed by atoms with E-state index in [4.69, 9.17) is 17.3 Å². The van der Waals surface area contributed by atoms with Crippen molar-refractivity contribution in [3.63, 3.8) is 0 Å². The van der Waals surface area contributed by atoms with Crippen LogP contribution in [0.2, 0.25) is 5.02 Å². The second kappa shape index (κ2) is 5.75. The molecule has 0 aromatic heterocycles. The van der Waals surface area contributed by atoms with Crippen LogP contribution in [0.15, 0.2) is 42.5 Å². The molecule has 0 aliphatic rings. The second-order valence-corrected chi connectivity index (χ2v) is 4.80. The van der Waals surface area contributed by atoms with Crippen LogP contribution in [0.4, 0.5) is 11.4 Å². The summed E-state index contributed by atoms with van der Waals surface area (Å²) < 4.78 is 0. The quantitative estimate of drug-likeness (QED) is 0.672. The van der Waals surface area contributed by atoms with Gasteiger partial charge in [-0.05, 0) is 49.4 Å². The zero-order valence-electron chi connectivity index (χ0n) is 10.8. The number of amides is 1. The van der Waals surface area contributed by atoms with Gasteiger partial charge in [0.2, 0.25) is 0 Å². The zero-order chi connectivity index (χ0) is 14.7. The monoisotopic (exact) mass is 288 g/mol. The standard InChI is InChI=1S/C15H13ClN2O2/c1-9(19)10-2-4-14(5-3-10)18-15(20)11-6-12(16)8-13(17)7-11/h2-8H,17H2,1H3,(H,18,20). The highest BCUT2D eigenvalue weighted by molar-refractivity contribution is 6.31. The number of nitrogen functional groups attached to an aromatic ring is 1. The van der Waals surface area contributed by atoms with E-state index in [0.717, 1.165) is 0 Å². The molecule has 0 aliphatic heterocycles. The van der Waals surface area contributed by atoms with Crippen molar-refractivity contribution in [3.8, 4) is 0 Å². The predicted molar refractivity (Wildman–Crippen MR) is 80.3 cm³/mol. The molecule has 5 heteroatoms. The molecule has 0 unspecified atom stereocenters. The number of ketones is 1. The van der Waals surface area contributed by atoms with E-state index in [2.05, 4.69) is 5.32 Å². The van der Waals surface area contributed by atoms with Crippen LogP contribution in [0.1, 0.15) is 27.6 Å². The minimum atomic E-state index is -0.310. The second-order valence-electron chi connectivity index (χ2n) is 4.36. The first-order valence-corrected chi connectivity index (χ1v) is 6.32. The number of carbonyl (C=O) groups is 2. The van der Waals surface area contributed by atoms with Crippen molar-refractivity contribution in [2.45, 2.75) is 6.92 Å². The summed E-state index contributed by atoms with van der Waals surface area (Å²) in [6.45, 7) is 1.49. The summed E-state index contributed by atoms with van der Waals surface area (Å²) in [5, 5.41) is 3.12. The fraction of sp³-hybridized carbons (Fsp3) is 0.0667. The molecular weight excluding hydrogens is 276 g/mol. The fourth-order valence-electron chi connectivity index (χ4n) is 1.73. The number of hydrogen-bond donors (Lipinski definition) is 2. The number of hydrogen-bond acceptors (Lipinski definition) is 3. The average Bonchev–Trinajstić information content (AvgIpc) is 2.38. The number of benzene rings is 2. The maximum Gasteiger partial charge on any atom is 0.255 e. The molecular formula is C15H13ClN2O2. The van der Waals surface area contributed by atoms with Crippen LogP contribution in [0, 0.1) is 0 Å². The molecule has 0 heterocycles. The van der Waals surface area contributed by atoms with Crippen molar-refractivity contribution in [2.75, 3.05) is 11.1 Å². The summed E-state index contributed by atoms with van der Waals surface area (Å²) in [7, 11) is 0. The molecule has 2 aromatic rings. The molecule has 0 radical (unpaired) electrons. The van der Waals surface area contributed by atoms with E-state index in [1.807, 2.05) is 0 Å². The van der Waals surface area contributed by atoms with Crippen molar-refractivity contribution in [3.05, 3.63) is 58.6 Å². The van der Waals surface area contributed by atoms with Gasteiger partial charge in [-0.3, -0.25) is 9.59 Å². The Morgan fingerprint density at radius 1 is 1.05 bits per heavy atom. The molecule has 0 saturated carbocycles. The highest BCUT2D eigenvalue weighted by atomic mass is 35.5. The van der Waals surface area contributed by atoms with Crippen molar-refractivity contribution in [2.24, 2.45) is 0 Å². The SMILES string of the molecule is CC(=O)c1ccc(NC(=O)c2cc(N)cc(Cl)c2)cc1. The van der Waals surface area contributed by atoms with Gasteiger partial charge in [0.1, 0.15) is 0 Å². The first kappa shape index (κ1) is 14.1. The number of nitrogens with two attached hydrogens (primary N) is 1. The summed E-state index contributed by atoms with van der Waals surface area (Å²) in [4.78, 5) is 23.2. The van der Waals surface area contributed by atoms with E-state index < -0.39 is 0 Å². The minimum absolute atomic E-state index is 0.0227. The first-order chi connectivity index (χ1) is 9.45. The topological polar surface area (TPSA) is 72.2 Å². The Morgan fingerprint density at radius 3 is 2.25 bits per heavy atom. The van der Waals surface area contributed by atoms with Crippen molar-refractivity contribution in [1.82, 2.24) is 0 Å². The van der Waals surface area contributed by atoms with E-state index in [1.165, 1.54) is 13.0 Å². The van der Waals surface area contributed by atoms with Gasteiger partial charge < -0.3 is 11.1 Å². The molecule has 1 amide bonds. The van der Waals surface area contributed by atoms with Gasteiger partial charge in [-0.2, -0.15) is 0 Å². The number of Topliss-reactive ketones (excluding diaryl/α,β-unsaturated/α-hetero) is 1. The molecule has 2 aromatic carbocycles. The van der Waals surface area contributed by atoms with Crippen LogP contribution in [0.3, 0.4) is 0 Å². The Morgan fingerprint density at radius 2 is 1.70 bits per heavy atom. The molecule has 4 nitrogen and oxygen atoms in total. The highest BCUT2D eigenvalue weighted by Crippen LogP contribution is 2.18. The van der Waals surface area contributed by atoms with Gasteiger partial charge >= 0.3 is 0 Å². The van der Waals surface area contributed by atoms with Crippen LogP contribution in [0.25, 0.3) is 0 Å². The normalized spacial score (nSPS) is 10.1. The third-order valence-electron chi connectivity index (χ3n) is 2.73. The van der Waals surface area contributed by atoms with Crippen molar-refractivity contribution >= 4 is 34.7 Å². The van der Waals surface area contributed by atoms with Crippen LogP contribution in [-0.2, 0) is 0 Å². The molecule has 0 fully saturated rings. The lowest BCUT2D eigenvalue weighted by Crippen LogP contribution is -2.12. The van der Waals surface area contributed by atoms with Gasteiger partial charge in [0.05, 0.1) is 0 Å². The van der Waals surface area contributed by atoms with Crippen molar-refractivity contribution < 1.29 is 9.59 Å². The first-order valence-electron chi connectivity index (χ1n) is 5.94. The Labute approximate surface area is 121 Å².